The molecule has 0 radical (unpaired) electrons. The Labute approximate surface area is 99.1 Å². The molecule has 17 heavy (non-hydrogen) atoms. The lowest BCUT2D eigenvalue weighted by atomic mass is 9.76. The zero-order valence-corrected chi connectivity index (χ0v) is 9.90. The number of carboxylic acids is 1. The first kappa shape index (κ1) is 11.8. The summed E-state index contributed by atoms with van der Waals surface area (Å²) in [6.07, 6.45) is 3.29. The van der Waals surface area contributed by atoms with Crippen molar-refractivity contribution in [3.8, 4) is 0 Å². The fourth-order valence-corrected chi connectivity index (χ4v) is 2.26. The molecule has 1 N–H and O–H groups in total. The van der Waals surface area contributed by atoms with E-state index in [0.717, 1.165) is 12.0 Å². The van der Waals surface area contributed by atoms with Gasteiger partial charge in [-0.25, -0.2) is 4.79 Å². The van der Waals surface area contributed by atoms with Crippen LogP contribution in [0.3, 0.4) is 0 Å². The third kappa shape index (κ3) is 2.09. The molecule has 0 aromatic rings. The maximum atomic E-state index is 11.6. The van der Waals surface area contributed by atoms with Crippen LogP contribution < -0.4 is 0 Å². The van der Waals surface area contributed by atoms with E-state index in [1.165, 1.54) is 0 Å². The molecule has 5 heteroatoms. The SMILES string of the molecule is CC1=CC[C@H]([C@]2(C)CC(C(=O)O)=NO2)CC1=O. The maximum Gasteiger partial charge on any atom is 0.353 e. The second kappa shape index (κ2) is 3.98. The minimum absolute atomic E-state index is 0.000648. The molecule has 0 spiro atoms. The number of nitrogens with zero attached hydrogens (tertiary/aromatic N) is 1. The second-order valence-electron chi connectivity index (χ2n) is 4.87. The van der Waals surface area contributed by atoms with Gasteiger partial charge in [-0.15, -0.1) is 0 Å². The number of hydrogen-bond acceptors (Lipinski definition) is 4. The van der Waals surface area contributed by atoms with Gasteiger partial charge in [-0.3, -0.25) is 4.79 Å². The van der Waals surface area contributed by atoms with E-state index >= 15 is 0 Å². The lowest BCUT2D eigenvalue weighted by Gasteiger charge is -2.32. The molecule has 2 rings (SSSR count). The zero-order chi connectivity index (χ0) is 12.6. The van der Waals surface area contributed by atoms with E-state index in [9.17, 15) is 9.59 Å². The van der Waals surface area contributed by atoms with Crippen molar-refractivity contribution in [2.24, 2.45) is 11.1 Å². The fourth-order valence-electron chi connectivity index (χ4n) is 2.26. The summed E-state index contributed by atoms with van der Waals surface area (Å²) in [5.74, 6) is -0.947. The van der Waals surface area contributed by atoms with Crippen molar-refractivity contribution >= 4 is 17.5 Å². The number of carboxylic acid groups (broad SMARTS) is 1. The molecule has 0 bridgehead atoms. The van der Waals surface area contributed by atoms with E-state index in [0.29, 0.717) is 6.42 Å². The number of ketones is 1. The predicted octanol–water partition coefficient (Wildman–Crippen LogP) is 1.53. The summed E-state index contributed by atoms with van der Waals surface area (Å²) in [7, 11) is 0. The minimum atomic E-state index is -1.05. The molecule has 1 aliphatic heterocycles. The highest BCUT2D eigenvalue weighted by Gasteiger charge is 2.45. The van der Waals surface area contributed by atoms with E-state index in [1.807, 2.05) is 13.0 Å². The molecule has 0 amide bonds. The first-order chi connectivity index (χ1) is 7.92. The zero-order valence-electron chi connectivity index (χ0n) is 9.90. The van der Waals surface area contributed by atoms with E-state index < -0.39 is 11.6 Å². The van der Waals surface area contributed by atoms with E-state index in [2.05, 4.69) is 5.16 Å². The van der Waals surface area contributed by atoms with Crippen LogP contribution in [0.5, 0.6) is 0 Å². The summed E-state index contributed by atoms with van der Waals surface area (Å²) in [5, 5.41) is 12.4. The predicted molar refractivity (Wildman–Crippen MR) is 60.7 cm³/mol. The molecule has 0 aromatic heterocycles. The third-order valence-electron chi connectivity index (χ3n) is 3.57. The van der Waals surface area contributed by atoms with Crippen LogP contribution >= 0.6 is 0 Å². The highest BCUT2D eigenvalue weighted by molar-refractivity contribution is 6.36. The van der Waals surface area contributed by atoms with Crippen molar-refractivity contribution in [3.05, 3.63) is 11.6 Å². The summed E-state index contributed by atoms with van der Waals surface area (Å²) < 4.78 is 0. The van der Waals surface area contributed by atoms with Gasteiger partial charge in [0.1, 0.15) is 5.60 Å². The Hall–Kier alpha value is -1.65. The van der Waals surface area contributed by atoms with Crippen molar-refractivity contribution < 1.29 is 19.5 Å². The van der Waals surface area contributed by atoms with E-state index in [-0.39, 0.29) is 23.8 Å². The van der Waals surface area contributed by atoms with Gasteiger partial charge >= 0.3 is 5.97 Å². The number of carbonyl (C=O) groups excluding carboxylic acids is 1. The van der Waals surface area contributed by atoms with Gasteiger partial charge in [0.2, 0.25) is 0 Å². The third-order valence-corrected chi connectivity index (χ3v) is 3.57. The Morgan fingerprint density at radius 3 is 2.88 bits per heavy atom. The van der Waals surface area contributed by atoms with Crippen molar-refractivity contribution in [2.45, 2.75) is 38.7 Å². The van der Waals surface area contributed by atoms with Crippen molar-refractivity contribution in [1.29, 1.82) is 0 Å². The largest absolute Gasteiger partial charge is 0.477 e. The van der Waals surface area contributed by atoms with Gasteiger partial charge in [-0.05, 0) is 25.8 Å². The van der Waals surface area contributed by atoms with Crippen LogP contribution in [0.4, 0.5) is 0 Å². The second-order valence-corrected chi connectivity index (χ2v) is 4.87. The normalized spacial score (nSPS) is 32.8. The molecule has 0 saturated heterocycles. The number of hydrogen-bond donors (Lipinski definition) is 1. The lowest BCUT2D eigenvalue weighted by Crippen LogP contribution is -2.38. The number of rotatable bonds is 2. The highest BCUT2D eigenvalue weighted by Crippen LogP contribution is 2.38. The van der Waals surface area contributed by atoms with Gasteiger partial charge in [-0.2, -0.15) is 0 Å². The van der Waals surface area contributed by atoms with Crippen LogP contribution in [0.15, 0.2) is 16.8 Å². The standard InChI is InChI=1S/C12H15NO4/c1-7-3-4-8(5-10(7)14)12(2)6-9(11(15)16)13-17-12/h3,8H,4-6H2,1-2H3,(H,15,16)/t8-,12-/m0/s1. The smallest absolute Gasteiger partial charge is 0.353 e. The summed E-state index contributed by atoms with van der Waals surface area (Å²) in [5.41, 5.74) is 0.147. The van der Waals surface area contributed by atoms with Gasteiger partial charge in [0, 0.05) is 18.8 Å². The van der Waals surface area contributed by atoms with Crippen LogP contribution in [0, 0.1) is 5.92 Å². The number of Topliss-reactive ketones (excluding diaryl/α,β-unsaturated/α-hetero) is 1. The summed E-state index contributed by atoms with van der Waals surface area (Å²) >= 11 is 0. The van der Waals surface area contributed by atoms with Crippen molar-refractivity contribution in [1.82, 2.24) is 0 Å². The summed E-state index contributed by atoms with van der Waals surface area (Å²) in [4.78, 5) is 27.7. The molecule has 1 aliphatic carbocycles. The topological polar surface area (TPSA) is 76.0 Å². The van der Waals surface area contributed by atoms with Gasteiger partial charge in [0.05, 0.1) is 0 Å². The van der Waals surface area contributed by atoms with Crippen LogP contribution in [0.2, 0.25) is 0 Å². The first-order valence-electron chi connectivity index (χ1n) is 5.60. The Morgan fingerprint density at radius 1 is 1.65 bits per heavy atom. The molecule has 2 atom stereocenters. The Bertz CT molecular complexity index is 438. The Kier molecular flexibility index (Phi) is 2.77. The monoisotopic (exact) mass is 237 g/mol. The van der Waals surface area contributed by atoms with E-state index in [1.54, 1.807) is 6.92 Å². The van der Waals surface area contributed by atoms with Gasteiger partial charge in [0.15, 0.2) is 11.5 Å². The number of aliphatic carboxylic acids is 1. The number of carbonyl (C=O) groups is 2. The van der Waals surface area contributed by atoms with Crippen LogP contribution in [-0.2, 0) is 14.4 Å². The Morgan fingerprint density at radius 2 is 2.35 bits per heavy atom. The summed E-state index contributed by atoms with van der Waals surface area (Å²) in [6, 6.07) is 0. The molecule has 0 fully saturated rings. The van der Waals surface area contributed by atoms with Crippen molar-refractivity contribution in [2.75, 3.05) is 0 Å². The molecule has 0 saturated carbocycles. The van der Waals surface area contributed by atoms with Gasteiger partial charge < -0.3 is 9.94 Å². The van der Waals surface area contributed by atoms with E-state index in [4.69, 9.17) is 9.94 Å². The van der Waals surface area contributed by atoms with Crippen LogP contribution in [0.25, 0.3) is 0 Å². The first-order valence-corrected chi connectivity index (χ1v) is 5.60. The maximum absolute atomic E-state index is 11.6. The minimum Gasteiger partial charge on any atom is -0.477 e. The highest BCUT2D eigenvalue weighted by atomic mass is 16.7. The summed E-state index contributed by atoms with van der Waals surface area (Å²) in [6.45, 7) is 3.62. The molecular formula is C12H15NO4. The van der Waals surface area contributed by atoms with Crippen molar-refractivity contribution in [3.63, 3.8) is 0 Å². The lowest BCUT2D eigenvalue weighted by molar-refractivity contribution is -0.129. The molecular weight excluding hydrogens is 222 g/mol. The number of allylic oxidation sites excluding steroid dienone is 2. The molecule has 5 nitrogen and oxygen atoms in total. The average Bonchev–Trinajstić information content (AvgIpc) is 2.66. The fraction of sp³-hybridized carbons (Fsp3) is 0.583. The van der Waals surface area contributed by atoms with Gasteiger partial charge in [-0.1, -0.05) is 11.2 Å². The molecule has 92 valence electrons. The average molecular weight is 237 g/mol. The van der Waals surface area contributed by atoms with Gasteiger partial charge in [0.25, 0.3) is 0 Å². The van der Waals surface area contributed by atoms with Crippen LogP contribution in [-0.4, -0.2) is 28.2 Å². The quantitative estimate of drug-likeness (QED) is 0.790. The molecule has 0 unspecified atom stereocenters. The molecule has 1 heterocycles. The molecule has 2 aliphatic rings. The molecule has 0 aromatic carbocycles. The van der Waals surface area contributed by atoms with Crippen LogP contribution in [0.1, 0.15) is 33.1 Å². The number of oxime groups is 1. The Balaban J connectivity index is 2.10.